The van der Waals surface area contributed by atoms with E-state index in [2.05, 4.69) is 11.9 Å². The SMILES string of the molecule is COC(=O)C(C)(N)CCCN(C)CC1CCCCO1. The largest absolute Gasteiger partial charge is 0.468 e. The third-order valence-corrected chi connectivity index (χ3v) is 3.68. The van der Waals surface area contributed by atoms with Gasteiger partial charge in [0, 0.05) is 13.2 Å². The summed E-state index contributed by atoms with van der Waals surface area (Å²) < 4.78 is 10.4. The van der Waals surface area contributed by atoms with Crippen molar-refractivity contribution < 1.29 is 14.3 Å². The van der Waals surface area contributed by atoms with Gasteiger partial charge in [0.15, 0.2) is 0 Å². The lowest BCUT2D eigenvalue weighted by molar-refractivity contribution is -0.146. The molecule has 0 aliphatic carbocycles. The van der Waals surface area contributed by atoms with Crippen LogP contribution in [-0.2, 0) is 14.3 Å². The summed E-state index contributed by atoms with van der Waals surface area (Å²) in [4.78, 5) is 13.7. The number of nitrogens with two attached hydrogens (primary N) is 1. The first-order chi connectivity index (χ1) is 8.95. The quantitative estimate of drug-likeness (QED) is 0.705. The maximum absolute atomic E-state index is 11.4. The molecule has 0 aromatic carbocycles. The van der Waals surface area contributed by atoms with Crippen molar-refractivity contribution in [3.8, 4) is 0 Å². The van der Waals surface area contributed by atoms with Crippen molar-refractivity contribution >= 4 is 5.97 Å². The van der Waals surface area contributed by atoms with Crippen LogP contribution in [0, 0.1) is 0 Å². The maximum Gasteiger partial charge on any atom is 0.325 e. The maximum atomic E-state index is 11.4. The molecular formula is C14H28N2O3. The Labute approximate surface area is 116 Å². The van der Waals surface area contributed by atoms with Crippen LogP contribution < -0.4 is 5.73 Å². The van der Waals surface area contributed by atoms with Gasteiger partial charge in [0.2, 0.25) is 0 Å². The minimum atomic E-state index is -0.878. The van der Waals surface area contributed by atoms with Crippen LogP contribution in [0.25, 0.3) is 0 Å². The van der Waals surface area contributed by atoms with Gasteiger partial charge < -0.3 is 20.1 Å². The molecule has 0 aromatic rings. The van der Waals surface area contributed by atoms with Gasteiger partial charge in [-0.05, 0) is 52.6 Å². The molecule has 1 aliphatic heterocycles. The molecule has 2 N–H and O–H groups in total. The molecule has 2 unspecified atom stereocenters. The van der Waals surface area contributed by atoms with E-state index in [1.165, 1.54) is 20.0 Å². The zero-order valence-electron chi connectivity index (χ0n) is 12.5. The molecule has 1 aliphatic rings. The standard InChI is InChI=1S/C14H28N2O3/c1-14(15,13(17)18-3)8-6-9-16(2)11-12-7-4-5-10-19-12/h12H,4-11,15H2,1-3H3. The highest BCUT2D eigenvalue weighted by Gasteiger charge is 2.28. The third-order valence-electron chi connectivity index (χ3n) is 3.68. The molecule has 0 bridgehead atoms. The summed E-state index contributed by atoms with van der Waals surface area (Å²) in [5, 5.41) is 0. The molecule has 19 heavy (non-hydrogen) atoms. The fraction of sp³-hybridized carbons (Fsp3) is 0.929. The van der Waals surface area contributed by atoms with Gasteiger partial charge in [0.05, 0.1) is 13.2 Å². The van der Waals surface area contributed by atoms with E-state index < -0.39 is 5.54 Å². The van der Waals surface area contributed by atoms with Crippen LogP contribution >= 0.6 is 0 Å². The number of esters is 1. The van der Waals surface area contributed by atoms with Crippen molar-refractivity contribution in [2.45, 2.75) is 50.7 Å². The van der Waals surface area contributed by atoms with E-state index in [0.29, 0.717) is 12.5 Å². The molecule has 0 saturated carbocycles. The zero-order chi connectivity index (χ0) is 14.3. The Morgan fingerprint density at radius 2 is 2.26 bits per heavy atom. The van der Waals surface area contributed by atoms with Gasteiger partial charge in [-0.3, -0.25) is 4.79 Å². The van der Waals surface area contributed by atoms with E-state index in [4.69, 9.17) is 15.2 Å². The lowest BCUT2D eigenvalue weighted by atomic mass is 9.97. The fourth-order valence-electron chi connectivity index (χ4n) is 2.44. The first-order valence-electron chi connectivity index (χ1n) is 7.13. The van der Waals surface area contributed by atoms with E-state index in [9.17, 15) is 4.79 Å². The molecule has 0 amide bonds. The Morgan fingerprint density at radius 1 is 1.53 bits per heavy atom. The molecule has 1 rings (SSSR count). The number of methoxy groups -OCH3 is 1. The second kappa shape index (κ2) is 7.82. The van der Waals surface area contributed by atoms with Crippen LogP contribution in [0.4, 0.5) is 0 Å². The van der Waals surface area contributed by atoms with E-state index in [1.807, 2.05) is 0 Å². The third kappa shape index (κ3) is 5.89. The van der Waals surface area contributed by atoms with Gasteiger partial charge in [-0.25, -0.2) is 0 Å². The molecule has 0 radical (unpaired) electrons. The molecule has 5 nitrogen and oxygen atoms in total. The number of nitrogens with zero attached hydrogens (tertiary/aromatic N) is 1. The van der Waals surface area contributed by atoms with Crippen LogP contribution in [0.2, 0.25) is 0 Å². The first kappa shape index (κ1) is 16.4. The molecule has 0 aromatic heterocycles. The number of hydrogen-bond donors (Lipinski definition) is 1. The first-order valence-corrected chi connectivity index (χ1v) is 7.13. The summed E-state index contributed by atoms with van der Waals surface area (Å²) in [6, 6.07) is 0. The normalized spacial score (nSPS) is 23.1. The van der Waals surface area contributed by atoms with Gasteiger partial charge in [-0.1, -0.05) is 0 Å². The predicted molar refractivity (Wildman–Crippen MR) is 74.9 cm³/mol. The summed E-state index contributed by atoms with van der Waals surface area (Å²) in [7, 11) is 3.46. The number of carbonyl (C=O) groups excluding carboxylic acids is 1. The van der Waals surface area contributed by atoms with Gasteiger partial charge in [0.1, 0.15) is 5.54 Å². The lowest BCUT2D eigenvalue weighted by Gasteiger charge is -2.28. The average molecular weight is 272 g/mol. The number of rotatable bonds is 7. The molecule has 1 saturated heterocycles. The van der Waals surface area contributed by atoms with Gasteiger partial charge in [-0.2, -0.15) is 0 Å². The van der Waals surface area contributed by atoms with Crippen LogP contribution in [0.3, 0.4) is 0 Å². The average Bonchev–Trinajstić information content (AvgIpc) is 2.38. The van der Waals surface area contributed by atoms with Crippen LogP contribution in [0.15, 0.2) is 0 Å². The van der Waals surface area contributed by atoms with Crippen LogP contribution in [0.5, 0.6) is 0 Å². The predicted octanol–water partition coefficient (Wildman–Crippen LogP) is 1.16. The van der Waals surface area contributed by atoms with Crippen molar-refractivity contribution in [1.29, 1.82) is 0 Å². The molecule has 5 heteroatoms. The van der Waals surface area contributed by atoms with Crippen molar-refractivity contribution in [2.75, 3.05) is 33.9 Å². The fourth-order valence-corrected chi connectivity index (χ4v) is 2.44. The van der Waals surface area contributed by atoms with E-state index in [1.54, 1.807) is 6.92 Å². The Bertz CT molecular complexity index is 276. The number of likely N-dealkylation sites (N-methyl/N-ethyl adjacent to an activating group) is 1. The summed E-state index contributed by atoms with van der Waals surface area (Å²) in [5.41, 5.74) is 5.05. The number of hydrogen-bond acceptors (Lipinski definition) is 5. The Hall–Kier alpha value is -0.650. The summed E-state index contributed by atoms with van der Waals surface area (Å²) in [5.74, 6) is -0.342. The van der Waals surface area contributed by atoms with Crippen LogP contribution in [0.1, 0.15) is 39.0 Å². The molecule has 1 fully saturated rings. The van der Waals surface area contributed by atoms with Crippen molar-refractivity contribution in [2.24, 2.45) is 5.73 Å². The Morgan fingerprint density at radius 3 is 2.84 bits per heavy atom. The Kier molecular flexibility index (Phi) is 6.75. The van der Waals surface area contributed by atoms with E-state index in [-0.39, 0.29) is 5.97 Å². The number of carbonyl (C=O) groups is 1. The number of ether oxygens (including phenoxy) is 2. The van der Waals surface area contributed by atoms with Crippen molar-refractivity contribution in [3.63, 3.8) is 0 Å². The van der Waals surface area contributed by atoms with Gasteiger partial charge >= 0.3 is 5.97 Å². The van der Waals surface area contributed by atoms with Gasteiger partial charge in [-0.15, -0.1) is 0 Å². The summed E-state index contributed by atoms with van der Waals surface area (Å²) >= 11 is 0. The van der Waals surface area contributed by atoms with Crippen molar-refractivity contribution in [1.82, 2.24) is 4.90 Å². The monoisotopic (exact) mass is 272 g/mol. The summed E-state index contributed by atoms with van der Waals surface area (Å²) in [6.07, 6.45) is 5.48. The van der Waals surface area contributed by atoms with Crippen LogP contribution in [-0.4, -0.2) is 56.4 Å². The smallest absolute Gasteiger partial charge is 0.325 e. The van der Waals surface area contributed by atoms with Crippen molar-refractivity contribution in [3.05, 3.63) is 0 Å². The topological polar surface area (TPSA) is 64.8 Å². The van der Waals surface area contributed by atoms with E-state index in [0.717, 1.165) is 32.5 Å². The lowest BCUT2D eigenvalue weighted by Crippen LogP contribution is -2.46. The summed E-state index contributed by atoms with van der Waals surface area (Å²) in [6.45, 7) is 4.49. The molecule has 2 atom stereocenters. The highest BCUT2D eigenvalue weighted by Crippen LogP contribution is 2.15. The van der Waals surface area contributed by atoms with E-state index >= 15 is 0 Å². The Balaban J connectivity index is 2.19. The second-order valence-corrected chi connectivity index (χ2v) is 5.76. The minimum Gasteiger partial charge on any atom is -0.468 e. The van der Waals surface area contributed by atoms with Gasteiger partial charge in [0.25, 0.3) is 0 Å². The molecule has 0 spiro atoms. The highest BCUT2D eigenvalue weighted by atomic mass is 16.5. The minimum absolute atomic E-state index is 0.342. The molecular weight excluding hydrogens is 244 g/mol. The zero-order valence-corrected chi connectivity index (χ0v) is 12.5. The second-order valence-electron chi connectivity index (χ2n) is 5.76. The highest BCUT2D eigenvalue weighted by molar-refractivity contribution is 5.79. The molecule has 1 heterocycles. The molecule has 112 valence electrons.